The summed E-state index contributed by atoms with van der Waals surface area (Å²) in [6.07, 6.45) is -2.66. The molecular weight excluding hydrogens is 303 g/mol. The highest BCUT2D eigenvalue weighted by atomic mass is 19.4. The van der Waals surface area contributed by atoms with Crippen LogP contribution < -0.4 is 5.32 Å². The number of nitrogens with one attached hydrogen (secondary N) is 2. The number of aromatic amines is 1. The van der Waals surface area contributed by atoms with Gasteiger partial charge in [-0.15, -0.1) is 0 Å². The molecule has 0 saturated heterocycles. The predicted octanol–water partition coefficient (Wildman–Crippen LogP) is 4.71. The lowest BCUT2D eigenvalue weighted by atomic mass is 10.1. The van der Waals surface area contributed by atoms with Crippen LogP contribution in [-0.4, -0.2) is 10.2 Å². The van der Waals surface area contributed by atoms with Gasteiger partial charge in [-0.1, -0.05) is 30.3 Å². The molecule has 0 bridgehead atoms. The molecule has 0 aliphatic rings. The van der Waals surface area contributed by atoms with Gasteiger partial charge in [-0.05, 0) is 29.8 Å². The first-order chi connectivity index (χ1) is 11.0. The predicted molar refractivity (Wildman–Crippen MR) is 82.8 cm³/mol. The topological polar surface area (TPSA) is 40.7 Å². The fourth-order valence-electron chi connectivity index (χ4n) is 2.27. The van der Waals surface area contributed by atoms with Crippen molar-refractivity contribution in [1.82, 2.24) is 10.2 Å². The van der Waals surface area contributed by atoms with Crippen LogP contribution in [0.15, 0.2) is 60.8 Å². The highest BCUT2D eigenvalue weighted by Crippen LogP contribution is 2.31. The van der Waals surface area contributed by atoms with E-state index in [1.54, 1.807) is 6.20 Å². The first kappa shape index (κ1) is 15.1. The zero-order chi connectivity index (χ0) is 16.3. The lowest BCUT2D eigenvalue weighted by Crippen LogP contribution is -2.04. The fourth-order valence-corrected chi connectivity index (χ4v) is 2.27. The number of anilines is 1. The number of hydrogen-bond donors (Lipinski definition) is 2. The molecule has 0 saturated carbocycles. The summed E-state index contributed by atoms with van der Waals surface area (Å²) in [5, 5.41) is 10.1. The number of nitrogens with zero attached hydrogens (tertiary/aromatic N) is 1. The SMILES string of the molecule is FC(F)(F)c1ccc(-c2[nH]ncc2CNc2ccccc2)cc1. The summed E-state index contributed by atoms with van der Waals surface area (Å²) in [4.78, 5) is 0. The van der Waals surface area contributed by atoms with E-state index in [0.29, 0.717) is 17.8 Å². The van der Waals surface area contributed by atoms with Crippen molar-refractivity contribution < 1.29 is 13.2 Å². The van der Waals surface area contributed by atoms with Crippen LogP contribution in [0.5, 0.6) is 0 Å². The van der Waals surface area contributed by atoms with Crippen LogP contribution in [0.2, 0.25) is 0 Å². The van der Waals surface area contributed by atoms with E-state index in [-0.39, 0.29) is 0 Å². The lowest BCUT2D eigenvalue weighted by molar-refractivity contribution is -0.137. The Hall–Kier alpha value is -2.76. The summed E-state index contributed by atoms with van der Waals surface area (Å²) in [5.41, 5.74) is 2.56. The Bertz CT molecular complexity index is 762. The maximum Gasteiger partial charge on any atom is 0.416 e. The summed E-state index contributed by atoms with van der Waals surface area (Å²) in [5.74, 6) is 0. The Morgan fingerprint density at radius 2 is 1.65 bits per heavy atom. The van der Waals surface area contributed by atoms with Crippen molar-refractivity contribution in [3.8, 4) is 11.3 Å². The molecule has 1 heterocycles. The zero-order valence-corrected chi connectivity index (χ0v) is 12.1. The van der Waals surface area contributed by atoms with Crippen molar-refractivity contribution in [2.75, 3.05) is 5.32 Å². The van der Waals surface area contributed by atoms with Crippen LogP contribution in [-0.2, 0) is 12.7 Å². The minimum atomic E-state index is -4.33. The first-order valence-corrected chi connectivity index (χ1v) is 7.03. The monoisotopic (exact) mass is 317 g/mol. The van der Waals surface area contributed by atoms with E-state index in [4.69, 9.17) is 0 Å². The lowest BCUT2D eigenvalue weighted by Gasteiger charge is -2.09. The summed E-state index contributed by atoms with van der Waals surface area (Å²) >= 11 is 0. The van der Waals surface area contributed by atoms with Gasteiger partial charge in [0.25, 0.3) is 0 Å². The molecular formula is C17H14F3N3. The van der Waals surface area contributed by atoms with Crippen molar-refractivity contribution in [2.45, 2.75) is 12.7 Å². The third-order valence-electron chi connectivity index (χ3n) is 3.48. The number of benzene rings is 2. The van der Waals surface area contributed by atoms with E-state index in [9.17, 15) is 13.2 Å². The Kier molecular flexibility index (Phi) is 4.06. The molecule has 118 valence electrons. The van der Waals surface area contributed by atoms with Gasteiger partial charge >= 0.3 is 6.18 Å². The molecule has 0 aliphatic carbocycles. The molecule has 2 aromatic carbocycles. The van der Waals surface area contributed by atoms with Gasteiger partial charge in [0.05, 0.1) is 17.5 Å². The average Bonchev–Trinajstić information content (AvgIpc) is 3.02. The summed E-state index contributed by atoms with van der Waals surface area (Å²) in [6, 6.07) is 14.7. The largest absolute Gasteiger partial charge is 0.416 e. The highest BCUT2D eigenvalue weighted by molar-refractivity contribution is 5.63. The Morgan fingerprint density at radius 1 is 0.957 bits per heavy atom. The molecule has 6 heteroatoms. The number of para-hydroxylation sites is 1. The molecule has 2 N–H and O–H groups in total. The molecule has 0 fully saturated rings. The number of aromatic nitrogens is 2. The molecule has 3 rings (SSSR count). The maximum absolute atomic E-state index is 12.6. The van der Waals surface area contributed by atoms with Crippen molar-refractivity contribution in [3.05, 3.63) is 71.9 Å². The van der Waals surface area contributed by atoms with Crippen LogP contribution in [0, 0.1) is 0 Å². The van der Waals surface area contributed by atoms with Gasteiger partial charge in [-0.2, -0.15) is 18.3 Å². The standard InChI is InChI=1S/C17H14F3N3/c18-17(19,20)14-8-6-12(7-9-14)16-13(11-22-23-16)10-21-15-4-2-1-3-5-15/h1-9,11,21H,10H2,(H,22,23). The summed E-state index contributed by atoms with van der Waals surface area (Å²) in [6.45, 7) is 0.525. The second-order valence-corrected chi connectivity index (χ2v) is 5.06. The number of hydrogen-bond acceptors (Lipinski definition) is 2. The van der Waals surface area contributed by atoms with E-state index < -0.39 is 11.7 Å². The first-order valence-electron chi connectivity index (χ1n) is 7.03. The van der Waals surface area contributed by atoms with Crippen LogP contribution in [0.25, 0.3) is 11.3 Å². The molecule has 0 amide bonds. The van der Waals surface area contributed by atoms with E-state index >= 15 is 0 Å². The van der Waals surface area contributed by atoms with Gasteiger partial charge in [-0.25, -0.2) is 0 Å². The number of rotatable bonds is 4. The van der Waals surface area contributed by atoms with Gasteiger partial charge in [0, 0.05) is 17.8 Å². The van der Waals surface area contributed by atoms with Gasteiger partial charge in [0.2, 0.25) is 0 Å². The molecule has 0 atom stereocenters. The van der Waals surface area contributed by atoms with Gasteiger partial charge in [0.1, 0.15) is 0 Å². The third kappa shape index (κ3) is 3.53. The molecule has 0 unspecified atom stereocenters. The van der Waals surface area contributed by atoms with Crippen molar-refractivity contribution in [2.24, 2.45) is 0 Å². The molecule has 3 aromatic rings. The minimum absolute atomic E-state index is 0.525. The third-order valence-corrected chi connectivity index (χ3v) is 3.48. The average molecular weight is 317 g/mol. The molecule has 3 nitrogen and oxygen atoms in total. The molecule has 0 aliphatic heterocycles. The fraction of sp³-hybridized carbons (Fsp3) is 0.118. The second kappa shape index (κ2) is 6.16. The van der Waals surface area contributed by atoms with Crippen LogP contribution in [0.1, 0.15) is 11.1 Å². The van der Waals surface area contributed by atoms with Gasteiger partial charge in [0.15, 0.2) is 0 Å². The highest BCUT2D eigenvalue weighted by Gasteiger charge is 2.30. The summed E-state index contributed by atoms with van der Waals surface area (Å²) < 4.78 is 37.9. The van der Waals surface area contributed by atoms with Crippen molar-refractivity contribution >= 4 is 5.69 Å². The Morgan fingerprint density at radius 3 is 2.30 bits per heavy atom. The van der Waals surface area contributed by atoms with Crippen molar-refractivity contribution in [1.29, 1.82) is 0 Å². The Balaban J connectivity index is 1.78. The van der Waals surface area contributed by atoms with Crippen LogP contribution in [0.4, 0.5) is 18.9 Å². The van der Waals surface area contributed by atoms with E-state index in [0.717, 1.165) is 23.4 Å². The molecule has 0 spiro atoms. The second-order valence-electron chi connectivity index (χ2n) is 5.06. The molecule has 0 radical (unpaired) electrons. The van der Waals surface area contributed by atoms with E-state index in [1.807, 2.05) is 30.3 Å². The van der Waals surface area contributed by atoms with Crippen LogP contribution >= 0.6 is 0 Å². The zero-order valence-electron chi connectivity index (χ0n) is 12.1. The normalized spacial score (nSPS) is 11.4. The van der Waals surface area contributed by atoms with Gasteiger partial charge in [-0.3, -0.25) is 5.10 Å². The van der Waals surface area contributed by atoms with E-state index in [1.165, 1.54) is 12.1 Å². The number of H-pyrrole nitrogens is 1. The number of halogens is 3. The quantitative estimate of drug-likeness (QED) is 0.732. The maximum atomic E-state index is 12.6. The van der Waals surface area contributed by atoms with Crippen LogP contribution in [0.3, 0.4) is 0 Å². The van der Waals surface area contributed by atoms with Gasteiger partial charge < -0.3 is 5.32 Å². The molecule has 1 aromatic heterocycles. The minimum Gasteiger partial charge on any atom is -0.381 e. The number of alkyl halides is 3. The summed E-state index contributed by atoms with van der Waals surface area (Å²) in [7, 11) is 0. The smallest absolute Gasteiger partial charge is 0.381 e. The van der Waals surface area contributed by atoms with E-state index in [2.05, 4.69) is 15.5 Å². The molecule has 23 heavy (non-hydrogen) atoms. The Labute approximate surface area is 131 Å². The van der Waals surface area contributed by atoms with Crippen molar-refractivity contribution in [3.63, 3.8) is 0 Å².